The largest absolute Gasteiger partial charge is 0.454 e. The van der Waals surface area contributed by atoms with E-state index in [1.165, 1.54) is 0 Å². The average Bonchev–Trinajstić information content (AvgIpc) is 2.84. The standard InChI is InChI=1S/C9H14O3S/c1-3-7(11)12-9(4-5-9)8(13)6(2)10/h6,10H,3-5H2,1-2H3. The topological polar surface area (TPSA) is 46.5 Å². The maximum Gasteiger partial charge on any atom is 0.306 e. The molecule has 3 nitrogen and oxygen atoms in total. The van der Waals surface area contributed by atoms with Crippen LogP contribution in [-0.4, -0.2) is 27.6 Å². The fraction of sp³-hybridized carbons (Fsp3) is 0.778. The van der Waals surface area contributed by atoms with E-state index < -0.39 is 11.7 Å². The number of carbonyl (C=O) groups excluding carboxylic acids is 1. The van der Waals surface area contributed by atoms with Crippen LogP contribution in [0.5, 0.6) is 0 Å². The Hall–Kier alpha value is -0.480. The number of aliphatic hydroxyl groups is 1. The summed E-state index contributed by atoms with van der Waals surface area (Å²) in [5.41, 5.74) is -0.614. The Morgan fingerprint density at radius 3 is 2.54 bits per heavy atom. The molecule has 1 unspecified atom stereocenters. The van der Waals surface area contributed by atoms with E-state index in [1.807, 2.05) is 0 Å². The number of hydrogen-bond donors (Lipinski definition) is 1. The van der Waals surface area contributed by atoms with Crippen molar-refractivity contribution in [3.8, 4) is 0 Å². The van der Waals surface area contributed by atoms with Crippen LogP contribution in [0.25, 0.3) is 0 Å². The first-order valence-corrected chi connectivity index (χ1v) is 4.87. The molecular weight excluding hydrogens is 188 g/mol. The van der Waals surface area contributed by atoms with E-state index in [9.17, 15) is 9.90 Å². The Labute approximate surface area is 83.1 Å². The Bertz CT molecular complexity index is 231. The summed E-state index contributed by atoms with van der Waals surface area (Å²) in [4.78, 5) is 11.5. The SMILES string of the molecule is CCC(=O)OC1(C(=S)C(C)O)CC1. The number of aliphatic hydroxyl groups excluding tert-OH is 1. The average molecular weight is 202 g/mol. The summed E-state index contributed by atoms with van der Waals surface area (Å²) in [5, 5.41) is 9.25. The van der Waals surface area contributed by atoms with Crippen molar-refractivity contribution in [2.75, 3.05) is 0 Å². The van der Waals surface area contributed by atoms with Crippen molar-refractivity contribution >= 4 is 23.1 Å². The lowest BCUT2D eigenvalue weighted by atomic mass is 10.1. The number of hydrogen-bond acceptors (Lipinski definition) is 4. The van der Waals surface area contributed by atoms with E-state index >= 15 is 0 Å². The number of carbonyl (C=O) groups is 1. The van der Waals surface area contributed by atoms with Crippen LogP contribution in [0.4, 0.5) is 0 Å². The Morgan fingerprint density at radius 1 is 1.69 bits per heavy atom. The van der Waals surface area contributed by atoms with E-state index in [1.54, 1.807) is 13.8 Å². The second-order valence-corrected chi connectivity index (χ2v) is 3.80. The zero-order valence-electron chi connectivity index (χ0n) is 7.87. The van der Waals surface area contributed by atoms with Crippen molar-refractivity contribution in [2.24, 2.45) is 0 Å². The van der Waals surface area contributed by atoms with Gasteiger partial charge in [-0.2, -0.15) is 0 Å². The molecule has 0 aromatic heterocycles. The van der Waals surface area contributed by atoms with Gasteiger partial charge < -0.3 is 9.84 Å². The lowest BCUT2D eigenvalue weighted by Crippen LogP contribution is -2.34. The first-order valence-electron chi connectivity index (χ1n) is 4.46. The number of ether oxygens (including phenoxy) is 1. The summed E-state index contributed by atoms with van der Waals surface area (Å²) in [5.74, 6) is -0.250. The molecule has 1 saturated carbocycles. The minimum Gasteiger partial charge on any atom is -0.454 e. The van der Waals surface area contributed by atoms with Crippen LogP contribution >= 0.6 is 12.2 Å². The molecule has 1 fully saturated rings. The fourth-order valence-corrected chi connectivity index (χ4v) is 1.43. The summed E-state index contributed by atoms with van der Waals surface area (Å²) < 4.78 is 5.18. The highest BCUT2D eigenvalue weighted by Gasteiger charge is 2.51. The van der Waals surface area contributed by atoms with Gasteiger partial charge in [0, 0.05) is 6.42 Å². The normalized spacial score (nSPS) is 20.5. The molecule has 1 N–H and O–H groups in total. The van der Waals surface area contributed by atoms with Crippen LogP contribution in [0.1, 0.15) is 33.1 Å². The minimum atomic E-state index is -0.679. The van der Waals surface area contributed by atoms with Gasteiger partial charge in [0.1, 0.15) is 5.60 Å². The van der Waals surface area contributed by atoms with Crippen LogP contribution in [0.2, 0.25) is 0 Å². The van der Waals surface area contributed by atoms with E-state index in [2.05, 4.69) is 0 Å². The zero-order valence-corrected chi connectivity index (χ0v) is 8.69. The molecule has 4 heteroatoms. The molecule has 0 aromatic carbocycles. The second kappa shape index (κ2) is 3.72. The monoisotopic (exact) mass is 202 g/mol. The van der Waals surface area contributed by atoms with Crippen molar-refractivity contribution < 1.29 is 14.6 Å². The molecule has 0 aromatic rings. The molecule has 0 radical (unpaired) electrons. The van der Waals surface area contributed by atoms with Gasteiger partial charge in [-0.05, 0) is 19.8 Å². The van der Waals surface area contributed by atoms with Crippen molar-refractivity contribution in [1.29, 1.82) is 0 Å². The molecule has 1 atom stereocenters. The maximum atomic E-state index is 11.0. The second-order valence-electron chi connectivity index (χ2n) is 3.36. The van der Waals surface area contributed by atoms with Crippen LogP contribution in [0.15, 0.2) is 0 Å². The molecule has 74 valence electrons. The minimum absolute atomic E-state index is 0.250. The van der Waals surface area contributed by atoms with Crippen molar-refractivity contribution in [3.63, 3.8) is 0 Å². The van der Waals surface area contributed by atoms with Gasteiger partial charge in [0.15, 0.2) is 0 Å². The molecular formula is C9H14O3S. The summed E-state index contributed by atoms with van der Waals surface area (Å²) in [6.07, 6.45) is 1.18. The van der Waals surface area contributed by atoms with Crippen molar-refractivity contribution in [3.05, 3.63) is 0 Å². The third-order valence-corrected chi connectivity index (χ3v) is 2.84. The smallest absolute Gasteiger partial charge is 0.306 e. The molecule has 0 spiro atoms. The summed E-state index contributed by atoms with van der Waals surface area (Å²) >= 11 is 5.02. The van der Waals surface area contributed by atoms with E-state index in [-0.39, 0.29) is 5.97 Å². The van der Waals surface area contributed by atoms with E-state index in [0.717, 1.165) is 12.8 Å². The van der Waals surface area contributed by atoms with Gasteiger partial charge in [-0.25, -0.2) is 0 Å². The number of esters is 1. The van der Waals surface area contributed by atoms with Crippen LogP contribution < -0.4 is 0 Å². The molecule has 0 aliphatic heterocycles. The van der Waals surface area contributed by atoms with Gasteiger partial charge in [0.25, 0.3) is 0 Å². The molecule has 0 heterocycles. The first-order chi connectivity index (χ1) is 6.02. The van der Waals surface area contributed by atoms with Crippen molar-refractivity contribution in [2.45, 2.75) is 44.8 Å². The predicted molar refractivity (Wildman–Crippen MR) is 52.6 cm³/mol. The Morgan fingerprint density at radius 2 is 2.23 bits per heavy atom. The highest BCUT2D eigenvalue weighted by atomic mass is 32.1. The number of rotatable bonds is 4. The van der Waals surface area contributed by atoms with Crippen molar-refractivity contribution in [1.82, 2.24) is 0 Å². The third kappa shape index (κ3) is 2.25. The molecule has 0 bridgehead atoms. The molecule has 0 amide bonds. The van der Waals surface area contributed by atoms with Gasteiger partial charge in [-0.3, -0.25) is 4.79 Å². The highest BCUT2D eigenvalue weighted by molar-refractivity contribution is 7.80. The summed E-state index contributed by atoms with van der Waals surface area (Å²) in [6.45, 7) is 3.34. The fourth-order valence-electron chi connectivity index (χ4n) is 1.18. The lowest BCUT2D eigenvalue weighted by molar-refractivity contribution is -0.147. The summed E-state index contributed by atoms with van der Waals surface area (Å²) in [6, 6.07) is 0. The van der Waals surface area contributed by atoms with Crippen LogP contribution in [0, 0.1) is 0 Å². The quantitative estimate of drug-likeness (QED) is 0.550. The lowest BCUT2D eigenvalue weighted by Gasteiger charge is -2.19. The van der Waals surface area contributed by atoms with E-state index in [4.69, 9.17) is 17.0 Å². The predicted octanol–water partition coefficient (Wildman–Crippen LogP) is 1.22. The molecule has 13 heavy (non-hydrogen) atoms. The maximum absolute atomic E-state index is 11.0. The Balaban J connectivity index is 2.57. The molecule has 1 rings (SSSR count). The van der Waals surface area contributed by atoms with Gasteiger partial charge in [-0.15, -0.1) is 0 Å². The first kappa shape index (κ1) is 10.6. The Kier molecular flexibility index (Phi) is 3.03. The van der Waals surface area contributed by atoms with Gasteiger partial charge in [-0.1, -0.05) is 19.1 Å². The van der Waals surface area contributed by atoms with Gasteiger partial charge in [0.2, 0.25) is 0 Å². The molecule has 1 aliphatic carbocycles. The highest BCUT2D eigenvalue weighted by Crippen LogP contribution is 2.42. The van der Waals surface area contributed by atoms with Gasteiger partial charge >= 0.3 is 5.97 Å². The number of thiocarbonyl (C=S) groups is 1. The van der Waals surface area contributed by atoms with E-state index in [0.29, 0.717) is 11.3 Å². The van der Waals surface area contributed by atoms with Crippen LogP contribution in [-0.2, 0) is 9.53 Å². The zero-order chi connectivity index (χ0) is 10.1. The summed E-state index contributed by atoms with van der Waals surface area (Å²) in [7, 11) is 0. The van der Waals surface area contributed by atoms with Crippen LogP contribution in [0.3, 0.4) is 0 Å². The van der Waals surface area contributed by atoms with Gasteiger partial charge in [0.05, 0.1) is 11.0 Å². The molecule has 1 aliphatic rings. The third-order valence-electron chi connectivity index (χ3n) is 2.13. The molecule has 0 saturated heterocycles.